The summed E-state index contributed by atoms with van der Waals surface area (Å²) in [6.45, 7) is 0. The minimum absolute atomic E-state index is 0.191. The van der Waals surface area contributed by atoms with Crippen LogP contribution in [-0.4, -0.2) is 11.0 Å². The van der Waals surface area contributed by atoms with Crippen LogP contribution in [-0.2, 0) is 5.60 Å². The molecular formula is C17H16F2O. The van der Waals surface area contributed by atoms with Gasteiger partial charge in [-0.2, -0.15) is 0 Å². The van der Waals surface area contributed by atoms with Gasteiger partial charge in [0.25, 0.3) is 5.92 Å². The van der Waals surface area contributed by atoms with Crippen LogP contribution in [0.1, 0.15) is 12.0 Å². The van der Waals surface area contributed by atoms with Crippen LogP contribution in [0.4, 0.5) is 8.78 Å². The Labute approximate surface area is 116 Å². The lowest BCUT2D eigenvalue weighted by atomic mass is 9.54. The Kier molecular flexibility index (Phi) is 1.45. The summed E-state index contributed by atoms with van der Waals surface area (Å²) in [6.07, 6.45) is 0.947. The highest BCUT2D eigenvalue weighted by Crippen LogP contribution is 2.89. The highest BCUT2D eigenvalue weighted by atomic mass is 19.3. The first-order chi connectivity index (χ1) is 9.58. The molecule has 0 aromatic heterocycles. The largest absolute Gasteiger partial charge is 0.385 e. The van der Waals surface area contributed by atoms with E-state index in [-0.39, 0.29) is 23.7 Å². The van der Waals surface area contributed by atoms with Crippen LogP contribution in [0, 0.1) is 47.3 Å². The van der Waals surface area contributed by atoms with E-state index in [0.29, 0.717) is 11.8 Å². The van der Waals surface area contributed by atoms with Crippen LogP contribution in [0.25, 0.3) is 0 Å². The van der Waals surface area contributed by atoms with Crippen LogP contribution in [0.15, 0.2) is 30.3 Å². The van der Waals surface area contributed by atoms with Crippen molar-refractivity contribution in [3.05, 3.63) is 35.9 Å². The van der Waals surface area contributed by atoms with Gasteiger partial charge in [0.2, 0.25) is 0 Å². The lowest BCUT2D eigenvalue weighted by Crippen LogP contribution is -2.59. The monoisotopic (exact) mass is 274 g/mol. The quantitative estimate of drug-likeness (QED) is 0.835. The lowest BCUT2D eigenvalue weighted by Gasteiger charge is -2.54. The van der Waals surface area contributed by atoms with Crippen molar-refractivity contribution in [2.75, 3.05) is 0 Å². The number of fused-ring (bicyclic) bond motifs is 2. The Morgan fingerprint density at radius 3 is 2.30 bits per heavy atom. The molecule has 1 N–H and O–H groups in total. The Morgan fingerprint density at radius 2 is 1.55 bits per heavy atom. The Bertz CT molecular complexity index is 629. The maximum absolute atomic E-state index is 14.6. The third-order valence-corrected chi connectivity index (χ3v) is 7.64. The molecule has 1 aromatic carbocycles. The van der Waals surface area contributed by atoms with Gasteiger partial charge in [-0.25, -0.2) is 8.78 Å². The molecule has 5 aliphatic rings. The van der Waals surface area contributed by atoms with Crippen molar-refractivity contribution >= 4 is 0 Å². The molecule has 6 rings (SSSR count). The highest BCUT2D eigenvalue weighted by Gasteiger charge is 2.92. The normalized spacial score (nSPS) is 62.1. The molecule has 9 atom stereocenters. The van der Waals surface area contributed by atoms with E-state index in [4.69, 9.17) is 0 Å². The van der Waals surface area contributed by atoms with Crippen molar-refractivity contribution in [3.8, 4) is 0 Å². The molecule has 5 saturated carbocycles. The Balaban J connectivity index is 1.62. The predicted molar refractivity (Wildman–Crippen MR) is 67.8 cm³/mol. The summed E-state index contributed by atoms with van der Waals surface area (Å²) in [6, 6.07) is 9.62. The minimum atomic E-state index is -2.52. The second kappa shape index (κ2) is 2.70. The van der Waals surface area contributed by atoms with Gasteiger partial charge in [-0.15, -0.1) is 0 Å². The molecule has 1 nitrogen and oxygen atoms in total. The smallest absolute Gasteiger partial charge is 0.255 e. The van der Waals surface area contributed by atoms with Crippen molar-refractivity contribution in [2.24, 2.45) is 47.3 Å². The molecule has 0 aliphatic heterocycles. The summed E-state index contributed by atoms with van der Waals surface area (Å²) in [5.74, 6) is -2.85. The van der Waals surface area contributed by atoms with Crippen molar-refractivity contribution in [1.29, 1.82) is 0 Å². The first-order valence-corrected chi connectivity index (χ1v) is 7.73. The first-order valence-electron chi connectivity index (χ1n) is 7.73. The van der Waals surface area contributed by atoms with Gasteiger partial charge in [-0.3, -0.25) is 0 Å². The molecule has 5 fully saturated rings. The number of aliphatic hydroxyl groups is 1. The third-order valence-electron chi connectivity index (χ3n) is 7.64. The topological polar surface area (TPSA) is 20.2 Å². The van der Waals surface area contributed by atoms with Gasteiger partial charge in [0.1, 0.15) is 0 Å². The first kappa shape index (κ1) is 10.7. The zero-order valence-corrected chi connectivity index (χ0v) is 10.9. The average Bonchev–Trinajstić information content (AvgIpc) is 2.91. The molecule has 0 saturated heterocycles. The van der Waals surface area contributed by atoms with Gasteiger partial charge >= 0.3 is 0 Å². The summed E-state index contributed by atoms with van der Waals surface area (Å²) in [7, 11) is 0. The zero-order chi connectivity index (χ0) is 13.4. The van der Waals surface area contributed by atoms with Crippen molar-refractivity contribution in [1.82, 2.24) is 0 Å². The van der Waals surface area contributed by atoms with Crippen molar-refractivity contribution in [2.45, 2.75) is 17.9 Å². The third kappa shape index (κ3) is 0.739. The fourth-order valence-corrected chi connectivity index (χ4v) is 7.57. The number of halogens is 2. The minimum Gasteiger partial charge on any atom is -0.385 e. The van der Waals surface area contributed by atoms with Gasteiger partial charge in [0.05, 0.1) is 5.60 Å². The number of benzene rings is 1. The van der Waals surface area contributed by atoms with Crippen molar-refractivity contribution in [3.63, 3.8) is 0 Å². The van der Waals surface area contributed by atoms with E-state index in [1.54, 1.807) is 0 Å². The maximum Gasteiger partial charge on any atom is 0.255 e. The Hall–Kier alpha value is -0.960. The molecule has 0 radical (unpaired) electrons. The van der Waals surface area contributed by atoms with Gasteiger partial charge < -0.3 is 5.11 Å². The number of hydrogen-bond acceptors (Lipinski definition) is 1. The summed E-state index contributed by atoms with van der Waals surface area (Å²) in [5, 5.41) is 11.4. The van der Waals surface area contributed by atoms with E-state index in [1.165, 1.54) is 0 Å². The fourth-order valence-electron chi connectivity index (χ4n) is 7.57. The zero-order valence-electron chi connectivity index (χ0n) is 10.9. The standard InChI is InChI=1S/C17H16F2O/c18-17(19)13-9-6-8-10-11(9)15(17)14(10)16(20,12(8)13)7-4-2-1-3-5-7/h1-5,8-15,20H,6H2/t8-,9+,10-,11+,12+,13+,14+,15-,16+/m1/s1. The van der Waals surface area contributed by atoms with E-state index < -0.39 is 23.4 Å². The SMILES string of the molecule is O[C@@]1(c2ccccc2)[C@H]2[C@@H]3C[C@H]4[C@H]5[C@@H]3[C@H]1[C@@H]5C(F)(F)[C@@H]42. The summed E-state index contributed by atoms with van der Waals surface area (Å²) in [4.78, 5) is 0. The number of rotatable bonds is 1. The molecule has 0 spiro atoms. The van der Waals surface area contributed by atoms with Crippen LogP contribution in [0.5, 0.6) is 0 Å². The molecular weight excluding hydrogens is 258 g/mol. The number of hydrogen-bond donors (Lipinski definition) is 1. The van der Waals surface area contributed by atoms with Crippen LogP contribution < -0.4 is 0 Å². The molecule has 2 bridgehead atoms. The maximum atomic E-state index is 14.6. The van der Waals surface area contributed by atoms with E-state index in [0.717, 1.165) is 12.0 Å². The van der Waals surface area contributed by atoms with Gasteiger partial charge in [0.15, 0.2) is 0 Å². The summed E-state index contributed by atoms with van der Waals surface area (Å²) >= 11 is 0. The van der Waals surface area contributed by atoms with Gasteiger partial charge in [-0.05, 0) is 35.7 Å². The van der Waals surface area contributed by atoms with Crippen molar-refractivity contribution < 1.29 is 13.9 Å². The highest BCUT2D eigenvalue weighted by molar-refractivity contribution is 5.41. The molecule has 0 amide bonds. The fraction of sp³-hybridized carbons (Fsp3) is 0.647. The van der Waals surface area contributed by atoms with Crippen LogP contribution in [0.2, 0.25) is 0 Å². The average molecular weight is 274 g/mol. The van der Waals surface area contributed by atoms with Crippen LogP contribution >= 0.6 is 0 Å². The second-order valence-electron chi connectivity index (χ2n) is 7.69. The van der Waals surface area contributed by atoms with Gasteiger partial charge in [-0.1, -0.05) is 30.3 Å². The van der Waals surface area contributed by atoms with E-state index >= 15 is 0 Å². The molecule has 20 heavy (non-hydrogen) atoms. The second-order valence-corrected chi connectivity index (χ2v) is 7.69. The van der Waals surface area contributed by atoms with E-state index in [9.17, 15) is 13.9 Å². The van der Waals surface area contributed by atoms with E-state index in [2.05, 4.69) is 0 Å². The molecule has 3 heteroatoms. The lowest BCUT2D eigenvalue weighted by molar-refractivity contribution is -0.238. The molecule has 104 valence electrons. The van der Waals surface area contributed by atoms with Gasteiger partial charge in [0, 0.05) is 23.7 Å². The summed E-state index contributed by atoms with van der Waals surface area (Å²) in [5.41, 5.74) is -0.0935. The predicted octanol–water partition coefficient (Wildman–Crippen LogP) is 2.90. The molecule has 5 aliphatic carbocycles. The van der Waals surface area contributed by atoms with E-state index in [1.807, 2.05) is 30.3 Å². The molecule has 0 heterocycles. The van der Waals surface area contributed by atoms with Crippen LogP contribution in [0.3, 0.4) is 0 Å². The molecule has 0 unspecified atom stereocenters. The Morgan fingerprint density at radius 1 is 0.900 bits per heavy atom. The summed E-state index contributed by atoms with van der Waals surface area (Å²) < 4.78 is 29.3. The number of alkyl halides is 2. The molecule has 1 aromatic rings.